The van der Waals surface area contributed by atoms with Gasteiger partial charge in [-0.05, 0) is 30.7 Å². The number of nitrogens with zero attached hydrogens (tertiary/aromatic N) is 3. The number of hydrogen-bond acceptors (Lipinski definition) is 5. The molecule has 100 valence electrons. The summed E-state index contributed by atoms with van der Waals surface area (Å²) in [5.74, 6) is 0.751. The molecule has 0 spiro atoms. The van der Waals surface area contributed by atoms with E-state index in [2.05, 4.69) is 15.1 Å². The van der Waals surface area contributed by atoms with E-state index in [1.54, 1.807) is 37.4 Å². The molecule has 2 N–H and O–H groups in total. The SMILES string of the molecule is Cc1ccc(-c2noc(-c3ccc(N)nc3)n2)cc1F. The molecule has 0 saturated carbocycles. The van der Waals surface area contributed by atoms with Crippen molar-refractivity contribution in [3.05, 3.63) is 47.9 Å². The first-order valence-electron chi connectivity index (χ1n) is 5.95. The lowest BCUT2D eigenvalue weighted by molar-refractivity contribution is 0.432. The van der Waals surface area contributed by atoms with Gasteiger partial charge >= 0.3 is 0 Å². The summed E-state index contributed by atoms with van der Waals surface area (Å²) in [6.07, 6.45) is 1.54. The Hall–Kier alpha value is -2.76. The third-order valence-corrected chi connectivity index (χ3v) is 2.89. The first-order chi connectivity index (χ1) is 9.63. The van der Waals surface area contributed by atoms with E-state index >= 15 is 0 Å². The van der Waals surface area contributed by atoms with Crippen molar-refractivity contribution in [3.63, 3.8) is 0 Å². The van der Waals surface area contributed by atoms with Gasteiger partial charge in [0.2, 0.25) is 5.82 Å². The first kappa shape index (κ1) is 12.3. The van der Waals surface area contributed by atoms with Crippen molar-refractivity contribution >= 4 is 5.82 Å². The Morgan fingerprint density at radius 2 is 1.95 bits per heavy atom. The lowest BCUT2D eigenvalue weighted by Gasteiger charge is -1.97. The minimum Gasteiger partial charge on any atom is -0.384 e. The molecule has 0 aliphatic rings. The Kier molecular flexibility index (Phi) is 2.90. The molecule has 0 atom stereocenters. The summed E-state index contributed by atoms with van der Waals surface area (Å²) in [6, 6.07) is 8.17. The van der Waals surface area contributed by atoms with Crippen LogP contribution in [-0.4, -0.2) is 15.1 Å². The van der Waals surface area contributed by atoms with Crippen LogP contribution in [0.25, 0.3) is 22.8 Å². The average molecular weight is 270 g/mol. The molecule has 2 aromatic heterocycles. The van der Waals surface area contributed by atoms with Gasteiger partial charge in [-0.2, -0.15) is 4.98 Å². The molecule has 0 aliphatic carbocycles. The molecular weight excluding hydrogens is 259 g/mol. The van der Waals surface area contributed by atoms with E-state index in [-0.39, 0.29) is 5.82 Å². The van der Waals surface area contributed by atoms with Crippen molar-refractivity contribution < 1.29 is 8.91 Å². The monoisotopic (exact) mass is 270 g/mol. The van der Waals surface area contributed by atoms with E-state index in [0.29, 0.717) is 34.2 Å². The molecule has 0 saturated heterocycles. The number of aromatic nitrogens is 3. The third kappa shape index (κ3) is 2.23. The van der Waals surface area contributed by atoms with Crippen LogP contribution in [0.2, 0.25) is 0 Å². The summed E-state index contributed by atoms with van der Waals surface area (Å²) < 4.78 is 18.7. The Morgan fingerprint density at radius 1 is 1.15 bits per heavy atom. The van der Waals surface area contributed by atoms with Gasteiger partial charge in [0.1, 0.15) is 11.6 Å². The molecule has 20 heavy (non-hydrogen) atoms. The summed E-state index contributed by atoms with van der Waals surface area (Å²) in [5.41, 5.74) is 7.30. The highest BCUT2D eigenvalue weighted by molar-refractivity contribution is 5.60. The van der Waals surface area contributed by atoms with Gasteiger partial charge in [0.05, 0.1) is 5.56 Å². The average Bonchev–Trinajstić information content (AvgIpc) is 2.92. The van der Waals surface area contributed by atoms with Crippen LogP contribution in [0.3, 0.4) is 0 Å². The van der Waals surface area contributed by atoms with E-state index in [4.69, 9.17) is 10.3 Å². The number of anilines is 1. The highest BCUT2D eigenvalue weighted by Gasteiger charge is 2.12. The molecular formula is C14H11FN4O. The topological polar surface area (TPSA) is 77.8 Å². The molecule has 2 heterocycles. The number of aryl methyl sites for hydroxylation is 1. The maximum absolute atomic E-state index is 13.5. The molecule has 3 rings (SSSR count). The van der Waals surface area contributed by atoms with Gasteiger partial charge in [0.25, 0.3) is 5.89 Å². The highest BCUT2D eigenvalue weighted by atomic mass is 19.1. The molecule has 0 unspecified atom stereocenters. The van der Waals surface area contributed by atoms with Crippen LogP contribution in [-0.2, 0) is 0 Å². The van der Waals surface area contributed by atoms with Crippen LogP contribution in [0.5, 0.6) is 0 Å². The second-order valence-electron chi connectivity index (χ2n) is 4.36. The van der Waals surface area contributed by atoms with Crippen LogP contribution in [0.4, 0.5) is 10.2 Å². The van der Waals surface area contributed by atoms with E-state index < -0.39 is 0 Å². The minimum absolute atomic E-state index is 0.303. The van der Waals surface area contributed by atoms with Gasteiger partial charge in [0.15, 0.2) is 0 Å². The molecule has 3 aromatic rings. The van der Waals surface area contributed by atoms with Crippen LogP contribution >= 0.6 is 0 Å². The van der Waals surface area contributed by atoms with Crippen molar-refractivity contribution in [2.75, 3.05) is 5.73 Å². The van der Waals surface area contributed by atoms with Crippen molar-refractivity contribution in [2.45, 2.75) is 6.92 Å². The summed E-state index contributed by atoms with van der Waals surface area (Å²) in [7, 11) is 0. The summed E-state index contributed by atoms with van der Waals surface area (Å²) >= 11 is 0. The van der Waals surface area contributed by atoms with Crippen LogP contribution in [0.15, 0.2) is 41.1 Å². The molecule has 1 aromatic carbocycles. The van der Waals surface area contributed by atoms with Gasteiger partial charge in [-0.3, -0.25) is 0 Å². The van der Waals surface area contributed by atoms with Crippen LogP contribution in [0.1, 0.15) is 5.56 Å². The maximum Gasteiger partial charge on any atom is 0.259 e. The smallest absolute Gasteiger partial charge is 0.259 e. The normalized spacial score (nSPS) is 10.7. The third-order valence-electron chi connectivity index (χ3n) is 2.89. The van der Waals surface area contributed by atoms with E-state index in [1.165, 1.54) is 6.07 Å². The zero-order valence-electron chi connectivity index (χ0n) is 10.7. The fraction of sp³-hybridized carbons (Fsp3) is 0.0714. The highest BCUT2D eigenvalue weighted by Crippen LogP contribution is 2.23. The van der Waals surface area contributed by atoms with Gasteiger partial charge in [0, 0.05) is 11.8 Å². The second kappa shape index (κ2) is 4.73. The number of nitrogens with two attached hydrogens (primary N) is 1. The lowest BCUT2D eigenvalue weighted by atomic mass is 10.1. The summed E-state index contributed by atoms with van der Waals surface area (Å²) in [6.45, 7) is 1.70. The molecule has 0 bridgehead atoms. The van der Waals surface area contributed by atoms with Crippen molar-refractivity contribution in [2.24, 2.45) is 0 Å². The Labute approximate surface area is 114 Å². The molecule has 0 amide bonds. The molecule has 0 fully saturated rings. The van der Waals surface area contributed by atoms with Crippen molar-refractivity contribution in [1.29, 1.82) is 0 Å². The Bertz CT molecular complexity index is 752. The number of rotatable bonds is 2. The molecule has 5 nitrogen and oxygen atoms in total. The predicted octanol–water partition coefficient (Wildman–Crippen LogP) is 2.83. The van der Waals surface area contributed by atoms with Gasteiger partial charge in [-0.15, -0.1) is 0 Å². The number of hydrogen-bond donors (Lipinski definition) is 1. The zero-order valence-corrected chi connectivity index (χ0v) is 10.7. The fourth-order valence-electron chi connectivity index (χ4n) is 1.72. The number of halogens is 1. The lowest BCUT2D eigenvalue weighted by Crippen LogP contribution is -1.89. The quantitative estimate of drug-likeness (QED) is 0.774. The van der Waals surface area contributed by atoms with E-state index in [0.717, 1.165) is 0 Å². The van der Waals surface area contributed by atoms with Gasteiger partial charge in [-0.25, -0.2) is 9.37 Å². The number of pyridine rings is 1. The second-order valence-corrected chi connectivity index (χ2v) is 4.36. The number of benzene rings is 1. The molecule has 0 radical (unpaired) electrons. The molecule has 0 aliphatic heterocycles. The molecule has 6 heteroatoms. The van der Waals surface area contributed by atoms with Crippen LogP contribution < -0.4 is 5.73 Å². The Morgan fingerprint density at radius 3 is 2.65 bits per heavy atom. The van der Waals surface area contributed by atoms with E-state index in [9.17, 15) is 4.39 Å². The Balaban J connectivity index is 1.97. The largest absolute Gasteiger partial charge is 0.384 e. The zero-order chi connectivity index (χ0) is 14.1. The number of nitrogen functional groups attached to an aromatic ring is 1. The van der Waals surface area contributed by atoms with Crippen molar-refractivity contribution in [1.82, 2.24) is 15.1 Å². The first-order valence-corrected chi connectivity index (χ1v) is 5.95. The predicted molar refractivity (Wildman–Crippen MR) is 72.1 cm³/mol. The standard InChI is InChI=1S/C14H11FN4O/c1-8-2-3-9(6-11(8)15)13-18-14(20-19-13)10-4-5-12(16)17-7-10/h2-7H,1H3,(H2,16,17). The maximum atomic E-state index is 13.5. The van der Waals surface area contributed by atoms with Crippen LogP contribution in [0, 0.1) is 12.7 Å². The summed E-state index contributed by atoms with van der Waals surface area (Å²) in [4.78, 5) is 8.18. The van der Waals surface area contributed by atoms with Gasteiger partial charge < -0.3 is 10.3 Å². The van der Waals surface area contributed by atoms with E-state index in [1.807, 2.05) is 0 Å². The fourth-order valence-corrected chi connectivity index (χ4v) is 1.72. The van der Waals surface area contributed by atoms with Crippen molar-refractivity contribution in [3.8, 4) is 22.8 Å². The summed E-state index contributed by atoms with van der Waals surface area (Å²) in [5, 5.41) is 3.84. The van der Waals surface area contributed by atoms with Gasteiger partial charge in [-0.1, -0.05) is 17.3 Å². The minimum atomic E-state index is -0.303.